The van der Waals surface area contributed by atoms with Gasteiger partial charge in [0.05, 0.1) is 16.6 Å². The fourth-order valence-corrected chi connectivity index (χ4v) is 3.06. The molecule has 2 aliphatic heterocycles. The predicted octanol–water partition coefficient (Wildman–Crippen LogP) is 1.45. The van der Waals surface area contributed by atoms with Gasteiger partial charge < -0.3 is 20.4 Å². The molecule has 132 valence electrons. The van der Waals surface area contributed by atoms with Crippen LogP contribution in [-0.4, -0.2) is 66.9 Å². The molecule has 0 aliphatic carbocycles. The zero-order valence-corrected chi connectivity index (χ0v) is 15.1. The van der Waals surface area contributed by atoms with Crippen molar-refractivity contribution in [2.75, 3.05) is 44.6 Å². The van der Waals surface area contributed by atoms with Crippen molar-refractivity contribution in [2.24, 2.45) is 0 Å². The third kappa shape index (κ3) is 4.12. The second kappa shape index (κ2) is 8.05. The number of piperazine rings is 1. The van der Waals surface area contributed by atoms with Gasteiger partial charge in [-0.15, -0.1) is 12.4 Å². The van der Waals surface area contributed by atoms with Crippen molar-refractivity contribution >= 4 is 41.5 Å². The highest BCUT2D eigenvalue weighted by molar-refractivity contribution is 6.34. The van der Waals surface area contributed by atoms with Gasteiger partial charge in [-0.2, -0.15) is 0 Å². The molecule has 2 heterocycles. The normalized spacial score (nSPS) is 17.8. The Labute approximate surface area is 152 Å². The summed E-state index contributed by atoms with van der Waals surface area (Å²) in [6.45, 7) is 5.68. The Kier molecular flexibility index (Phi) is 6.32. The number of benzene rings is 1. The number of nitrogens with one attached hydrogen (secondary N) is 2. The second-order valence-corrected chi connectivity index (χ2v) is 6.40. The van der Waals surface area contributed by atoms with E-state index in [-0.39, 0.29) is 24.2 Å². The summed E-state index contributed by atoms with van der Waals surface area (Å²) in [5.41, 5.74) is 1.44. The topological polar surface area (TPSA) is 64.7 Å². The van der Waals surface area contributed by atoms with E-state index in [1.54, 1.807) is 28.9 Å². The lowest BCUT2D eigenvalue weighted by Crippen LogP contribution is -2.51. The fraction of sp³-hybridized carbons (Fsp3) is 0.500. The summed E-state index contributed by atoms with van der Waals surface area (Å²) < 4.78 is 0. The van der Waals surface area contributed by atoms with E-state index in [2.05, 4.69) is 10.6 Å². The van der Waals surface area contributed by atoms with Crippen molar-refractivity contribution in [2.45, 2.75) is 13.0 Å². The Bertz CT molecular complexity index is 614. The van der Waals surface area contributed by atoms with Gasteiger partial charge in [0.25, 0.3) is 5.91 Å². The van der Waals surface area contributed by atoms with Gasteiger partial charge in [-0.05, 0) is 18.2 Å². The largest absolute Gasteiger partial charge is 0.380 e. The molecule has 2 aliphatic rings. The van der Waals surface area contributed by atoms with E-state index >= 15 is 0 Å². The van der Waals surface area contributed by atoms with Crippen molar-refractivity contribution in [3.05, 3.63) is 28.8 Å². The average molecular weight is 373 g/mol. The summed E-state index contributed by atoms with van der Waals surface area (Å²) >= 11 is 6.30. The molecule has 3 rings (SSSR count). The van der Waals surface area contributed by atoms with Crippen molar-refractivity contribution < 1.29 is 9.59 Å². The number of carbonyl (C=O) groups is 2. The van der Waals surface area contributed by atoms with Crippen molar-refractivity contribution in [1.82, 2.24) is 15.1 Å². The maximum atomic E-state index is 12.6. The minimum atomic E-state index is -0.0740. The van der Waals surface area contributed by atoms with Crippen LogP contribution in [0.3, 0.4) is 0 Å². The number of amides is 2. The molecule has 0 radical (unpaired) electrons. The number of rotatable bonds is 3. The molecular weight excluding hydrogens is 351 g/mol. The molecule has 0 saturated carbocycles. The van der Waals surface area contributed by atoms with Gasteiger partial charge in [0.1, 0.15) is 0 Å². The van der Waals surface area contributed by atoms with Crippen molar-refractivity contribution in [3.63, 3.8) is 0 Å². The molecule has 1 aromatic carbocycles. The number of carbonyl (C=O) groups excluding carboxylic acids is 2. The van der Waals surface area contributed by atoms with Gasteiger partial charge in [0, 0.05) is 51.9 Å². The maximum Gasteiger partial charge on any atom is 0.255 e. The van der Waals surface area contributed by atoms with Gasteiger partial charge in [0.2, 0.25) is 5.91 Å². The van der Waals surface area contributed by atoms with Gasteiger partial charge >= 0.3 is 0 Å². The van der Waals surface area contributed by atoms with Crippen LogP contribution >= 0.6 is 24.0 Å². The lowest BCUT2D eigenvalue weighted by molar-refractivity contribution is -0.130. The van der Waals surface area contributed by atoms with Crippen molar-refractivity contribution in [1.29, 1.82) is 0 Å². The molecule has 0 unspecified atom stereocenters. The van der Waals surface area contributed by atoms with Crippen LogP contribution in [0.4, 0.5) is 5.69 Å². The Morgan fingerprint density at radius 3 is 2.29 bits per heavy atom. The first kappa shape index (κ1) is 18.8. The van der Waals surface area contributed by atoms with Crippen molar-refractivity contribution in [3.8, 4) is 0 Å². The molecule has 2 fully saturated rings. The number of hydrogen-bond donors (Lipinski definition) is 2. The van der Waals surface area contributed by atoms with Crippen LogP contribution in [0, 0.1) is 0 Å². The van der Waals surface area contributed by atoms with E-state index in [1.165, 1.54) is 0 Å². The molecule has 0 aromatic heterocycles. The lowest BCUT2D eigenvalue weighted by atomic mass is 10.1. The molecular formula is C16H22Cl2N4O2. The smallest absolute Gasteiger partial charge is 0.255 e. The first-order valence-electron chi connectivity index (χ1n) is 7.86. The third-order valence-corrected chi connectivity index (χ3v) is 4.68. The molecule has 24 heavy (non-hydrogen) atoms. The first-order valence-corrected chi connectivity index (χ1v) is 8.24. The van der Waals surface area contributed by atoms with E-state index in [9.17, 15) is 9.59 Å². The summed E-state index contributed by atoms with van der Waals surface area (Å²) in [6.07, 6.45) is 0. The zero-order valence-electron chi connectivity index (χ0n) is 13.5. The van der Waals surface area contributed by atoms with E-state index < -0.39 is 0 Å². The van der Waals surface area contributed by atoms with E-state index in [0.717, 1.165) is 18.8 Å². The summed E-state index contributed by atoms with van der Waals surface area (Å²) in [5, 5.41) is 7.02. The van der Waals surface area contributed by atoms with Crippen LogP contribution in [0.2, 0.25) is 5.02 Å². The Balaban J connectivity index is 0.00000208. The number of hydrogen-bond acceptors (Lipinski definition) is 4. The fourth-order valence-electron chi connectivity index (χ4n) is 2.80. The quantitative estimate of drug-likeness (QED) is 0.842. The summed E-state index contributed by atoms with van der Waals surface area (Å²) in [7, 11) is 0. The van der Waals surface area contributed by atoms with Crippen LogP contribution in [0.15, 0.2) is 18.2 Å². The molecule has 6 nitrogen and oxygen atoms in total. The Morgan fingerprint density at radius 2 is 1.79 bits per heavy atom. The number of nitrogens with zero attached hydrogens (tertiary/aromatic N) is 2. The SMILES string of the molecule is CC(=O)N1CCN(C(=O)c2ccc(NC3CNC3)cc2Cl)CC1.Cl. The molecule has 0 spiro atoms. The molecule has 8 heteroatoms. The molecule has 1 aromatic rings. The third-order valence-electron chi connectivity index (χ3n) is 4.36. The van der Waals surface area contributed by atoms with Crippen LogP contribution in [0.25, 0.3) is 0 Å². The lowest BCUT2D eigenvalue weighted by Gasteiger charge is -2.34. The van der Waals surface area contributed by atoms with Gasteiger partial charge in [0.15, 0.2) is 0 Å². The zero-order chi connectivity index (χ0) is 16.4. The van der Waals surface area contributed by atoms with E-state index in [4.69, 9.17) is 11.6 Å². The average Bonchev–Trinajstić information content (AvgIpc) is 2.50. The summed E-state index contributed by atoms with van der Waals surface area (Å²) in [5.74, 6) is -0.0221. The number of anilines is 1. The monoisotopic (exact) mass is 372 g/mol. The second-order valence-electron chi connectivity index (χ2n) is 5.99. The van der Waals surface area contributed by atoms with Crippen LogP contribution in [0.1, 0.15) is 17.3 Å². The minimum absolute atomic E-state index is 0. The molecule has 2 N–H and O–H groups in total. The molecule has 0 bridgehead atoms. The predicted molar refractivity (Wildman–Crippen MR) is 97.1 cm³/mol. The standard InChI is InChI=1S/C16H21ClN4O2.ClH/c1-11(22)20-4-6-21(7-5-20)16(23)14-3-2-12(8-15(14)17)19-13-9-18-10-13;/h2-3,8,13,18-19H,4-7,9-10H2,1H3;1H. The number of halogens is 2. The van der Waals surface area contributed by atoms with Crippen LogP contribution in [0.5, 0.6) is 0 Å². The minimum Gasteiger partial charge on any atom is -0.380 e. The van der Waals surface area contributed by atoms with Gasteiger partial charge in [-0.3, -0.25) is 9.59 Å². The molecule has 2 amide bonds. The molecule has 2 saturated heterocycles. The van der Waals surface area contributed by atoms with E-state index in [1.807, 2.05) is 6.07 Å². The van der Waals surface area contributed by atoms with Gasteiger partial charge in [-0.25, -0.2) is 0 Å². The Hall–Kier alpha value is -1.50. The van der Waals surface area contributed by atoms with Gasteiger partial charge in [-0.1, -0.05) is 11.6 Å². The van der Waals surface area contributed by atoms with Crippen LogP contribution in [-0.2, 0) is 4.79 Å². The Morgan fingerprint density at radius 1 is 1.17 bits per heavy atom. The highest BCUT2D eigenvalue weighted by atomic mass is 35.5. The maximum absolute atomic E-state index is 12.6. The van der Waals surface area contributed by atoms with Crippen LogP contribution < -0.4 is 10.6 Å². The molecule has 0 atom stereocenters. The highest BCUT2D eigenvalue weighted by Gasteiger charge is 2.25. The van der Waals surface area contributed by atoms with E-state index in [0.29, 0.717) is 42.8 Å². The first-order chi connectivity index (χ1) is 11.0. The highest BCUT2D eigenvalue weighted by Crippen LogP contribution is 2.23. The summed E-state index contributed by atoms with van der Waals surface area (Å²) in [4.78, 5) is 27.5. The summed E-state index contributed by atoms with van der Waals surface area (Å²) in [6, 6.07) is 5.89.